The number of benzene rings is 2. The first-order chi connectivity index (χ1) is 21.0. The minimum atomic E-state index is -4.11. The molecule has 10 heteroatoms. The van der Waals surface area contributed by atoms with Gasteiger partial charge in [-0.3, -0.25) is 4.79 Å². The second-order valence-electron chi connectivity index (χ2n) is 13.4. The van der Waals surface area contributed by atoms with E-state index in [1.165, 1.54) is 18.2 Å². The first-order valence-electron chi connectivity index (χ1n) is 15.8. The predicted molar refractivity (Wildman–Crippen MR) is 172 cm³/mol. The number of methoxy groups -OCH3 is 1. The number of aryl methyl sites for hydroxylation is 1. The molecule has 2 heterocycles. The number of halogens is 1. The van der Waals surface area contributed by atoms with Crippen molar-refractivity contribution < 1.29 is 27.8 Å². The minimum Gasteiger partial charge on any atom is -0.490 e. The number of nitrogens with zero attached hydrogens (tertiary/aromatic N) is 1. The van der Waals surface area contributed by atoms with Crippen molar-refractivity contribution >= 4 is 33.2 Å². The van der Waals surface area contributed by atoms with Gasteiger partial charge in [0.1, 0.15) is 11.0 Å². The molecule has 0 radical (unpaired) electrons. The standard InChI is InChI=1S/C34H43ClN2O6S/c1-21(2)32-31(42-3)8-4-7-29(38)26-12-9-24(26)18-37-19-34(15-5-6-22-16-25(35)11-13-27(22)34)20-43-30-14-10-23(17-28(30)37)33(39)36-44(32,40)41/h4,7,10-11,13-14,16-17,21,24,26,29,31-32,38H,5-6,8-9,12,15,18-20H2,1-3H3,(H,36,39)/b7-4+/t24-,26?,29-,31-,32-,34-/m0/s1. The number of rotatable bonds is 2. The smallest absolute Gasteiger partial charge is 0.264 e. The number of carbonyl (C=O) groups is 1. The van der Waals surface area contributed by atoms with Crippen molar-refractivity contribution in [2.75, 3.05) is 31.7 Å². The molecular formula is C34H43ClN2O6S. The Morgan fingerprint density at radius 1 is 1.18 bits per heavy atom. The highest BCUT2D eigenvalue weighted by atomic mass is 35.5. The summed E-state index contributed by atoms with van der Waals surface area (Å²) in [7, 11) is -2.63. The molecule has 0 saturated heterocycles. The third-order valence-corrected chi connectivity index (χ3v) is 12.6. The highest BCUT2D eigenvalue weighted by molar-refractivity contribution is 7.90. The zero-order valence-corrected chi connectivity index (χ0v) is 27.2. The molecule has 8 nitrogen and oxygen atoms in total. The van der Waals surface area contributed by atoms with E-state index >= 15 is 0 Å². The second-order valence-corrected chi connectivity index (χ2v) is 15.7. The zero-order chi connectivity index (χ0) is 31.2. The van der Waals surface area contributed by atoms with Crippen molar-refractivity contribution in [2.45, 2.75) is 75.2 Å². The van der Waals surface area contributed by atoms with Gasteiger partial charge in [0.05, 0.1) is 24.5 Å². The van der Waals surface area contributed by atoms with Crippen molar-refractivity contribution in [3.05, 3.63) is 70.3 Å². The molecule has 1 amide bonds. The van der Waals surface area contributed by atoms with E-state index in [1.807, 2.05) is 12.1 Å². The lowest BCUT2D eigenvalue weighted by Gasteiger charge is -2.45. The Labute approximate surface area is 265 Å². The first-order valence-corrected chi connectivity index (χ1v) is 17.7. The van der Waals surface area contributed by atoms with Gasteiger partial charge in [-0.15, -0.1) is 0 Å². The fraction of sp³-hybridized carbons (Fsp3) is 0.559. The van der Waals surface area contributed by atoms with Crippen molar-refractivity contribution in [2.24, 2.45) is 17.8 Å². The number of nitrogens with one attached hydrogen (secondary N) is 1. The van der Waals surface area contributed by atoms with Crippen LogP contribution in [0.3, 0.4) is 0 Å². The number of amides is 1. The summed E-state index contributed by atoms with van der Waals surface area (Å²) in [6.45, 7) is 5.47. The topological polar surface area (TPSA) is 105 Å². The molecule has 2 aromatic rings. The van der Waals surface area contributed by atoms with Crippen molar-refractivity contribution in [3.63, 3.8) is 0 Å². The largest absolute Gasteiger partial charge is 0.490 e. The maximum Gasteiger partial charge on any atom is 0.264 e. The van der Waals surface area contributed by atoms with Gasteiger partial charge in [-0.1, -0.05) is 43.7 Å². The molecule has 6 atom stereocenters. The van der Waals surface area contributed by atoms with E-state index < -0.39 is 33.4 Å². The Morgan fingerprint density at radius 2 is 2.00 bits per heavy atom. The van der Waals surface area contributed by atoms with Crippen LogP contribution in [0.2, 0.25) is 5.02 Å². The average molecular weight is 643 g/mol. The van der Waals surface area contributed by atoms with E-state index in [2.05, 4.69) is 21.8 Å². The van der Waals surface area contributed by atoms with E-state index in [0.717, 1.165) is 42.8 Å². The lowest BCUT2D eigenvalue weighted by molar-refractivity contribution is 0.0450. The van der Waals surface area contributed by atoms with Gasteiger partial charge in [0, 0.05) is 36.2 Å². The van der Waals surface area contributed by atoms with Gasteiger partial charge in [0.25, 0.3) is 5.91 Å². The van der Waals surface area contributed by atoms with Crippen LogP contribution in [0.15, 0.2) is 48.6 Å². The fourth-order valence-corrected chi connectivity index (χ4v) is 9.96. The minimum absolute atomic E-state index is 0.0808. The molecule has 6 rings (SSSR count). The molecule has 2 aromatic carbocycles. The second kappa shape index (κ2) is 12.3. The third kappa shape index (κ3) is 5.88. The maximum absolute atomic E-state index is 13.6. The summed E-state index contributed by atoms with van der Waals surface area (Å²) in [6, 6.07) is 11.3. The number of aliphatic hydroxyl groups excluding tert-OH is 1. The summed E-state index contributed by atoms with van der Waals surface area (Å²) < 4.78 is 41.8. The fourth-order valence-electron chi connectivity index (χ4n) is 7.91. The van der Waals surface area contributed by atoms with E-state index in [1.54, 1.807) is 38.1 Å². The summed E-state index contributed by atoms with van der Waals surface area (Å²) in [5, 5.41) is 11.0. The Balaban J connectivity index is 1.43. The summed E-state index contributed by atoms with van der Waals surface area (Å²) in [4.78, 5) is 15.9. The highest BCUT2D eigenvalue weighted by Crippen LogP contribution is 2.46. The molecule has 1 unspecified atom stereocenters. The van der Waals surface area contributed by atoms with Gasteiger partial charge >= 0.3 is 0 Å². The molecule has 238 valence electrons. The zero-order valence-electron chi connectivity index (χ0n) is 25.7. The number of carbonyl (C=O) groups excluding carboxylic acids is 1. The lowest BCUT2D eigenvalue weighted by atomic mass is 9.68. The van der Waals surface area contributed by atoms with Gasteiger partial charge in [0.15, 0.2) is 0 Å². The molecule has 4 aliphatic rings. The van der Waals surface area contributed by atoms with Crippen molar-refractivity contribution in [1.29, 1.82) is 0 Å². The molecule has 1 fully saturated rings. The maximum atomic E-state index is 13.6. The van der Waals surface area contributed by atoms with Crippen LogP contribution in [0, 0.1) is 17.8 Å². The predicted octanol–water partition coefficient (Wildman–Crippen LogP) is 5.26. The number of sulfonamides is 1. The van der Waals surface area contributed by atoms with E-state index in [4.69, 9.17) is 21.1 Å². The van der Waals surface area contributed by atoms with Crippen LogP contribution in [-0.2, 0) is 26.6 Å². The Kier molecular flexibility index (Phi) is 8.78. The van der Waals surface area contributed by atoms with Crippen molar-refractivity contribution in [3.8, 4) is 5.75 Å². The lowest BCUT2D eigenvalue weighted by Crippen LogP contribution is -2.49. The Hall–Kier alpha value is -2.59. The first kappa shape index (κ1) is 31.4. The number of hydrogen-bond donors (Lipinski definition) is 2. The van der Waals surface area contributed by atoms with Crippen LogP contribution in [0.5, 0.6) is 5.75 Å². The van der Waals surface area contributed by atoms with Crippen molar-refractivity contribution in [1.82, 2.24) is 4.72 Å². The third-order valence-electron chi connectivity index (χ3n) is 10.3. The molecule has 2 N–H and O–H groups in total. The van der Waals surface area contributed by atoms with Crippen LogP contribution in [0.25, 0.3) is 0 Å². The van der Waals surface area contributed by atoms with E-state index in [-0.39, 0.29) is 28.7 Å². The molecule has 2 bridgehead atoms. The number of anilines is 1. The van der Waals surface area contributed by atoms with Gasteiger partial charge in [-0.2, -0.15) is 0 Å². The number of ether oxygens (including phenoxy) is 2. The molecule has 1 spiro atoms. The summed E-state index contributed by atoms with van der Waals surface area (Å²) in [6.07, 6.45) is 7.43. The normalized spacial score (nSPS) is 32.5. The van der Waals surface area contributed by atoms with E-state index in [0.29, 0.717) is 31.9 Å². The SMILES string of the molecule is CO[C@H]1C/C=C/[C@H](O)C2CC[C@H]2CN2C[C@@]3(CCCc4cc(Cl)ccc43)COc3ccc(cc32)C(=O)NS(=O)(=O)[C@H]1C(C)C. The Morgan fingerprint density at radius 3 is 2.73 bits per heavy atom. The summed E-state index contributed by atoms with van der Waals surface area (Å²) in [5.74, 6) is -0.00166. The van der Waals surface area contributed by atoms with Crippen LogP contribution >= 0.6 is 11.6 Å². The van der Waals surface area contributed by atoms with Gasteiger partial charge in [-0.25, -0.2) is 13.1 Å². The van der Waals surface area contributed by atoms with Gasteiger partial charge in [-0.05, 0) is 97.7 Å². The van der Waals surface area contributed by atoms with E-state index in [9.17, 15) is 18.3 Å². The van der Waals surface area contributed by atoms with Gasteiger partial charge in [0.2, 0.25) is 10.0 Å². The van der Waals surface area contributed by atoms with Gasteiger partial charge < -0.3 is 19.5 Å². The molecule has 44 heavy (non-hydrogen) atoms. The molecule has 0 aromatic heterocycles. The van der Waals surface area contributed by atoms with Crippen LogP contribution in [0.1, 0.15) is 67.4 Å². The Bertz CT molecular complexity index is 1540. The van der Waals surface area contributed by atoms with Crippen LogP contribution in [-0.4, -0.2) is 63.7 Å². The summed E-state index contributed by atoms with van der Waals surface area (Å²) in [5.41, 5.74) is 3.24. The highest BCUT2D eigenvalue weighted by Gasteiger charge is 2.44. The average Bonchev–Trinajstić information content (AvgIpc) is 3.10. The molecule has 1 saturated carbocycles. The molecule has 2 aliphatic carbocycles. The monoisotopic (exact) mass is 642 g/mol. The molecule has 2 aliphatic heterocycles. The number of hydrogen-bond acceptors (Lipinski definition) is 7. The number of fused-ring (bicyclic) bond motifs is 4. The van der Waals surface area contributed by atoms with Crippen LogP contribution in [0.4, 0.5) is 5.69 Å². The summed E-state index contributed by atoms with van der Waals surface area (Å²) >= 11 is 6.40. The quantitative estimate of drug-likeness (QED) is 0.431. The molecular weight excluding hydrogens is 600 g/mol. The number of aliphatic hydroxyl groups is 1. The van der Waals surface area contributed by atoms with Crippen LogP contribution < -0.4 is 14.4 Å².